The fraction of sp³-hybridized carbons (Fsp3) is 0.333. The highest BCUT2D eigenvalue weighted by Crippen LogP contribution is 2.46. The molecule has 2 rings (SSSR count). The van der Waals surface area contributed by atoms with Crippen molar-refractivity contribution in [2.45, 2.75) is 18.8 Å². The summed E-state index contributed by atoms with van der Waals surface area (Å²) in [4.78, 5) is 0. The fourth-order valence-electron chi connectivity index (χ4n) is 1.27. The molecule has 0 atom stereocenters. The summed E-state index contributed by atoms with van der Waals surface area (Å²) < 4.78 is 1.16. The van der Waals surface area contributed by atoms with Gasteiger partial charge >= 0.3 is 0 Å². The lowest BCUT2D eigenvalue weighted by atomic mass is 10.1. The fourth-order valence-corrected chi connectivity index (χ4v) is 2.41. The molecule has 1 saturated carbocycles. The standard InChI is InChI=1S/C9H8BrCl/c10-7-2-1-3-8(11)9(7)6-4-5-6/h1-3,6H,4-5H2. The molecule has 0 N–H and O–H groups in total. The molecule has 0 heterocycles. The van der Waals surface area contributed by atoms with Gasteiger partial charge in [-0.3, -0.25) is 0 Å². The monoisotopic (exact) mass is 230 g/mol. The van der Waals surface area contributed by atoms with E-state index in [1.807, 2.05) is 12.1 Å². The van der Waals surface area contributed by atoms with Crippen molar-refractivity contribution >= 4 is 27.5 Å². The van der Waals surface area contributed by atoms with Gasteiger partial charge in [-0.25, -0.2) is 0 Å². The summed E-state index contributed by atoms with van der Waals surface area (Å²) in [5.41, 5.74) is 1.30. The van der Waals surface area contributed by atoms with Crippen molar-refractivity contribution in [1.29, 1.82) is 0 Å². The molecular weight excluding hydrogens is 223 g/mol. The number of hydrogen-bond donors (Lipinski definition) is 0. The van der Waals surface area contributed by atoms with Crippen molar-refractivity contribution in [1.82, 2.24) is 0 Å². The first-order valence-corrected chi connectivity index (χ1v) is 4.90. The van der Waals surface area contributed by atoms with Crippen LogP contribution in [0.5, 0.6) is 0 Å². The smallest absolute Gasteiger partial charge is 0.0452 e. The maximum absolute atomic E-state index is 6.03. The number of halogens is 2. The maximum Gasteiger partial charge on any atom is 0.0452 e. The van der Waals surface area contributed by atoms with Gasteiger partial charge in [-0.1, -0.05) is 33.6 Å². The van der Waals surface area contributed by atoms with Crippen LogP contribution in [-0.4, -0.2) is 0 Å². The van der Waals surface area contributed by atoms with Gasteiger partial charge in [0.25, 0.3) is 0 Å². The molecule has 11 heavy (non-hydrogen) atoms. The van der Waals surface area contributed by atoms with Crippen molar-refractivity contribution in [3.8, 4) is 0 Å². The van der Waals surface area contributed by atoms with Gasteiger partial charge in [0.05, 0.1) is 0 Å². The normalized spacial score (nSPS) is 16.9. The van der Waals surface area contributed by atoms with E-state index in [2.05, 4.69) is 22.0 Å². The van der Waals surface area contributed by atoms with E-state index in [0.717, 1.165) is 15.4 Å². The van der Waals surface area contributed by atoms with Crippen molar-refractivity contribution in [3.63, 3.8) is 0 Å². The highest BCUT2D eigenvalue weighted by Gasteiger charge is 2.27. The van der Waals surface area contributed by atoms with Gasteiger partial charge < -0.3 is 0 Å². The molecule has 1 aliphatic carbocycles. The summed E-state index contributed by atoms with van der Waals surface area (Å²) in [5.74, 6) is 0.720. The Labute approximate surface area is 79.7 Å². The van der Waals surface area contributed by atoms with Gasteiger partial charge in [-0.2, -0.15) is 0 Å². The molecule has 0 unspecified atom stereocenters. The Morgan fingerprint density at radius 1 is 1.36 bits per heavy atom. The quantitative estimate of drug-likeness (QED) is 0.686. The van der Waals surface area contributed by atoms with Crippen LogP contribution in [0.3, 0.4) is 0 Å². The highest BCUT2D eigenvalue weighted by atomic mass is 79.9. The SMILES string of the molecule is Clc1cccc(Br)c1C1CC1. The molecule has 0 aliphatic heterocycles. The van der Waals surface area contributed by atoms with Crippen LogP contribution in [-0.2, 0) is 0 Å². The minimum absolute atomic E-state index is 0.720. The second kappa shape index (κ2) is 2.80. The first-order chi connectivity index (χ1) is 5.29. The highest BCUT2D eigenvalue weighted by molar-refractivity contribution is 9.10. The van der Waals surface area contributed by atoms with Crippen molar-refractivity contribution in [3.05, 3.63) is 33.3 Å². The molecule has 1 aromatic carbocycles. The van der Waals surface area contributed by atoms with E-state index in [1.54, 1.807) is 0 Å². The van der Waals surface area contributed by atoms with Crippen LogP contribution in [0.1, 0.15) is 24.3 Å². The van der Waals surface area contributed by atoms with Crippen LogP contribution in [0, 0.1) is 0 Å². The summed E-state index contributed by atoms with van der Waals surface area (Å²) in [6.45, 7) is 0. The predicted molar refractivity (Wildman–Crippen MR) is 51.1 cm³/mol. The second-order valence-corrected chi connectivity index (χ2v) is 4.17. The molecule has 2 heteroatoms. The largest absolute Gasteiger partial charge is 0.0840 e. The molecule has 0 amide bonds. The Morgan fingerprint density at radius 2 is 2.09 bits per heavy atom. The van der Waals surface area contributed by atoms with Crippen LogP contribution in [0.4, 0.5) is 0 Å². The molecule has 0 aromatic heterocycles. The van der Waals surface area contributed by atoms with Crippen molar-refractivity contribution in [2.75, 3.05) is 0 Å². The Hall–Kier alpha value is -0.0100. The number of rotatable bonds is 1. The van der Waals surface area contributed by atoms with E-state index in [4.69, 9.17) is 11.6 Å². The van der Waals surface area contributed by atoms with Gasteiger partial charge in [0, 0.05) is 9.50 Å². The Balaban J connectivity index is 2.48. The zero-order valence-electron chi connectivity index (χ0n) is 5.98. The third-order valence-electron chi connectivity index (χ3n) is 1.99. The lowest BCUT2D eigenvalue weighted by Gasteiger charge is -2.03. The number of benzene rings is 1. The molecule has 58 valence electrons. The van der Waals surface area contributed by atoms with Crippen LogP contribution in [0.2, 0.25) is 5.02 Å². The molecule has 1 aromatic rings. The zero-order chi connectivity index (χ0) is 7.84. The van der Waals surface area contributed by atoms with Crippen LogP contribution in [0.25, 0.3) is 0 Å². The topological polar surface area (TPSA) is 0 Å². The molecule has 0 radical (unpaired) electrons. The Kier molecular flexibility index (Phi) is 1.94. The molecule has 0 spiro atoms. The maximum atomic E-state index is 6.03. The molecule has 0 bridgehead atoms. The van der Waals surface area contributed by atoms with Gasteiger partial charge in [-0.05, 0) is 36.5 Å². The first kappa shape index (κ1) is 7.63. The van der Waals surface area contributed by atoms with Crippen molar-refractivity contribution in [2.24, 2.45) is 0 Å². The third-order valence-corrected chi connectivity index (χ3v) is 3.01. The summed E-state index contributed by atoms with van der Waals surface area (Å²) in [6, 6.07) is 5.98. The lowest BCUT2D eigenvalue weighted by Crippen LogP contribution is -1.82. The Bertz CT molecular complexity index is 259. The van der Waals surface area contributed by atoms with E-state index >= 15 is 0 Å². The van der Waals surface area contributed by atoms with E-state index in [-0.39, 0.29) is 0 Å². The first-order valence-electron chi connectivity index (χ1n) is 3.73. The summed E-state index contributed by atoms with van der Waals surface area (Å²) in [7, 11) is 0. The lowest BCUT2D eigenvalue weighted by molar-refractivity contribution is 1.12. The van der Waals surface area contributed by atoms with Gasteiger partial charge in [0.2, 0.25) is 0 Å². The summed E-state index contributed by atoms with van der Waals surface area (Å²) in [5, 5.41) is 0.905. The summed E-state index contributed by atoms with van der Waals surface area (Å²) in [6.07, 6.45) is 2.59. The van der Waals surface area contributed by atoms with E-state index in [9.17, 15) is 0 Å². The predicted octanol–water partition coefficient (Wildman–Crippen LogP) is 3.98. The zero-order valence-corrected chi connectivity index (χ0v) is 8.32. The Morgan fingerprint density at radius 3 is 2.64 bits per heavy atom. The van der Waals surface area contributed by atoms with E-state index in [1.165, 1.54) is 18.4 Å². The van der Waals surface area contributed by atoms with E-state index in [0.29, 0.717) is 0 Å². The molecule has 1 aliphatic rings. The summed E-state index contributed by atoms with van der Waals surface area (Å²) >= 11 is 9.54. The minimum atomic E-state index is 0.720. The van der Waals surface area contributed by atoms with Gasteiger partial charge in [0.15, 0.2) is 0 Å². The average Bonchev–Trinajstić information content (AvgIpc) is 2.70. The molecule has 0 nitrogen and oxygen atoms in total. The minimum Gasteiger partial charge on any atom is -0.0840 e. The molecule has 0 saturated heterocycles. The van der Waals surface area contributed by atoms with Crippen LogP contribution >= 0.6 is 27.5 Å². The van der Waals surface area contributed by atoms with Crippen molar-refractivity contribution < 1.29 is 0 Å². The van der Waals surface area contributed by atoms with Gasteiger partial charge in [0.1, 0.15) is 0 Å². The molecule has 1 fully saturated rings. The second-order valence-electron chi connectivity index (χ2n) is 2.91. The van der Waals surface area contributed by atoms with E-state index < -0.39 is 0 Å². The third kappa shape index (κ3) is 1.45. The van der Waals surface area contributed by atoms with Crippen LogP contribution < -0.4 is 0 Å². The average molecular weight is 232 g/mol. The van der Waals surface area contributed by atoms with Crippen LogP contribution in [0.15, 0.2) is 22.7 Å². The number of hydrogen-bond acceptors (Lipinski definition) is 0. The molecular formula is C9H8BrCl. The van der Waals surface area contributed by atoms with Gasteiger partial charge in [-0.15, -0.1) is 0 Å².